The van der Waals surface area contributed by atoms with Gasteiger partial charge in [0.15, 0.2) is 0 Å². The highest BCUT2D eigenvalue weighted by Crippen LogP contribution is 2.24. The number of ether oxygens (including phenoxy) is 2. The number of benzene rings is 1. The first-order valence-corrected chi connectivity index (χ1v) is 7.19. The average Bonchev–Trinajstić information content (AvgIpc) is 2.53. The van der Waals surface area contributed by atoms with Gasteiger partial charge in [-0.2, -0.15) is 0 Å². The number of hydrogen-bond acceptors (Lipinski definition) is 5. The van der Waals surface area contributed by atoms with Gasteiger partial charge in [-0.3, -0.25) is 9.59 Å². The summed E-state index contributed by atoms with van der Waals surface area (Å²) in [4.78, 5) is 25.6. The van der Waals surface area contributed by atoms with Crippen molar-refractivity contribution >= 4 is 35.6 Å². The van der Waals surface area contributed by atoms with Gasteiger partial charge in [0.1, 0.15) is 5.75 Å². The van der Waals surface area contributed by atoms with Crippen LogP contribution in [0.15, 0.2) is 18.2 Å². The SMILES string of the molecule is COc1ccc(NC(=O)CCC(=O)N2CCOCC2)cc1N.Cl. The normalized spacial score (nSPS) is 13.9. The fourth-order valence-electron chi connectivity index (χ4n) is 2.23. The number of nitrogens with one attached hydrogen (secondary N) is 1. The molecule has 1 heterocycles. The van der Waals surface area contributed by atoms with Crippen LogP contribution in [0.4, 0.5) is 11.4 Å². The van der Waals surface area contributed by atoms with Gasteiger partial charge in [0.05, 0.1) is 26.0 Å². The molecule has 0 aromatic heterocycles. The number of anilines is 2. The lowest BCUT2D eigenvalue weighted by atomic mass is 10.2. The number of rotatable bonds is 5. The molecule has 1 aliphatic heterocycles. The summed E-state index contributed by atoms with van der Waals surface area (Å²) in [5, 5.41) is 2.72. The van der Waals surface area contributed by atoms with Gasteiger partial charge >= 0.3 is 0 Å². The molecule has 2 rings (SSSR count). The Morgan fingerprint density at radius 2 is 2.00 bits per heavy atom. The molecule has 0 bridgehead atoms. The van der Waals surface area contributed by atoms with Gasteiger partial charge in [-0.25, -0.2) is 0 Å². The van der Waals surface area contributed by atoms with Crippen molar-refractivity contribution in [1.29, 1.82) is 0 Å². The van der Waals surface area contributed by atoms with Crippen LogP contribution in [-0.4, -0.2) is 50.1 Å². The highest BCUT2D eigenvalue weighted by Gasteiger charge is 2.17. The second kappa shape index (κ2) is 9.22. The number of halogens is 1. The van der Waals surface area contributed by atoms with E-state index in [9.17, 15) is 9.59 Å². The fraction of sp³-hybridized carbons (Fsp3) is 0.467. The molecule has 0 atom stereocenters. The molecular weight excluding hydrogens is 322 g/mol. The van der Waals surface area contributed by atoms with Crippen LogP contribution in [-0.2, 0) is 14.3 Å². The van der Waals surface area contributed by atoms with E-state index in [1.807, 2.05) is 0 Å². The number of hydrogen-bond donors (Lipinski definition) is 2. The van der Waals surface area contributed by atoms with Crippen LogP contribution in [0.25, 0.3) is 0 Å². The second-order valence-electron chi connectivity index (χ2n) is 5.00. The van der Waals surface area contributed by atoms with E-state index in [4.69, 9.17) is 15.2 Å². The molecule has 1 aliphatic rings. The quantitative estimate of drug-likeness (QED) is 0.785. The van der Waals surface area contributed by atoms with Gasteiger partial charge in [0.2, 0.25) is 11.8 Å². The van der Waals surface area contributed by atoms with Crippen LogP contribution >= 0.6 is 12.4 Å². The Morgan fingerprint density at radius 1 is 1.30 bits per heavy atom. The molecule has 23 heavy (non-hydrogen) atoms. The van der Waals surface area contributed by atoms with Crippen LogP contribution in [0, 0.1) is 0 Å². The number of amides is 2. The third-order valence-corrected chi connectivity index (χ3v) is 3.44. The molecule has 0 radical (unpaired) electrons. The number of carbonyl (C=O) groups excluding carboxylic acids is 2. The summed E-state index contributed by atoms with van der Waals surface area (Å²) >= 11 is 0. The summed E-state index contributed by atoms with van der Waals surface area (Å²) in [6.45, 7) is 2.30. The van der Waals surface area contributed by atoms with Crippen LogP contribution in [0.3, 0.4) is 0 Å². The zero-order valence-electron chi connectivity index (χ0n) is 13.0. The van der Waals surface area contributed by atoms with Crippen LogP contribution in [0.1, 0.15) is 12.8 Å². The molecule has 0 spiro atoms. The van der Waals surface area contributed by atoms with Gasteiger partial charge in [0.25, 0.3) is 0 Å². The van der Waals surface area contributed by atoms with Gasteiger partial charge in [-0.1, -0.05) is 0 Å². The van der Waals surface area contributed by atoms with Gasteiger partial charge < -0.3 is 25.4 Å². The topological polar surface area (TPSA) is 93.9 Å². The Kier molecular flexibility index (Phi) is 7.64. The summed E-state index contributed by atoms with van der Waals surface area (Å²) < 4.78 is 10.2. The summed E-state index contributed by atoms with van der Waals surface area (Å²) in [5.74, 6) is 0.319. The maximum Gasteiger partial charge on any atom is 0.224 e. The third kappa shape index (κ3) is 5.61. The van der Waals surface area contributed by atoms with Crippen LogP contribution in [0.5, 0.6) is 5.75 Å². The average molecular weight is 344 g/mol. The lowest BCUT2D eigenvalue weighted by Crippen LogP contribution is -2.40. The van der Waals surface area contributed by atoms with E-state index < -0.39 is 0 Å². The second-order valence-corrected chi connectivity index (χ2v) is 5.00. The van der Waals surface area contributed by atoms with Gasteiger partial charge in [0, 0.05) is 31.6 Å². The molecule has 1 fully saturated rings. The molecule has 0 unspecified atom stereocenters. The first-order chi connectivity index (χ1) is 10.6. The number of nitrogen functional groups attached to an aromatic ring is 1. The largest absolute Gasteiger partial charge is 0.495 e. The summed E-state index contributed by atoms with van der Waals surface area (Å²) in [5.41, 5.74) is 6.81. The molecule has 1 aromatic rings. The molecule has 1 saturated heterocycles. The van der Waals surface area contributed by atoms with Crippen molar-refractivity contribution in [2.75, 3.05) is 44.5 Å². The van der Waals surface area contributed by atoms with Crippen molar-refractivity contribution in [1.82, 2.24) is 4.90 Å². The predicted octanol–water partition coefficient (Wildman–Crippen LogP) is 1.28. The first kappa shape index (κ1) is 19.1. The highest BCUT2D eigenvalue weighted by atomic mass is 35.5. The molecular formula is C15H22ClN3O4. The van der Waals surface area contributed by atoms with Crippen molar-refractivity contribution in [2.24, 2.45) is 0 Å². The molecule has 128 valence electrons. The smallest absolute Gasteiger partial charge is 0.224 e. The number of morpholine rings is 1. The zero-order chi connectivity index (χ0) is 15.9. The zero-order valence-corrected chi connectivity index (χ0v) is 13.9. The van der Waals surface area contributed by atoms with Crippen LogP contribution in [0.2, 0.25) is 0 Å². The van der Waals surface area contributed by atoms with Crippen LogP contribution < -0.4 is 15.8 Å². The standard InChI is InChI=1S/C15H21N3O4.ClH/c1-21-13-3-2-11(10-12(13)16)17-14(19)4-5-15(20)18-6-8-22-9-7-18;/h2-3,10H,4-9,16H2,1H3,(H,17,19);1H. The number of nitrogens with zero attached hydrogens (tertiary/aromatic N) is 1. The Morgan fingerprint density at radius 3 is 2.61 bits per heavy atom. The van der Waals surface area contributed by atoms with Crippen molar-refractivity contribution < 1.29 is 19.1 Å². The number of methoxy groups -OCH3 is 1. The van der Waals surface area contributed by atoms with E-state index in [1.54, 1.807) is 23.1 Å². The predicted molar refractivity (Wildman–Crippen MR) is 89.9 cm³/mol. The minimum Gasteiger partial charge on any atom is -0.495 e. The Balaban J connectivity index is 0.00000264. The molecule has 1 aromatic carbocycles. The maximum atomic E-state index is 11.9. The molecule has 0 saturated carbocycles. The molecule has 8 heteroatoms. The third-order valence-electron chi connectivity index (χ3n) is 3.44. The number of carbonyl (C=O) groups is 2. The molecule has 0 aliphatic carbocycles. The minimum absolute atomic E-state index is 0. The van der Waals surface area contributed by atoms with E-state index in [0.717, 1.165) is 0 Å². The number of nitrogens with two attached hydrogens (primary N) is 1. The van der Waals surface area contributed by atoms with Gasteiger partial charge in [-0.05, 0) is 18.2 Å². The minimum atomic E-state index is -0.217. The van der Waals surface area contributed by atoms with Gasteiger partial charge in [-0.15, -0.1) is 12.4 Å². The summed E-state index contributed by atoms with van der Waals surface area (Å²) in [6.07, 6.45) is 0.333. The molecule has 3 N–H and O–H groups in total. The van der Waals surface area contributed by atoms with Crippen molar-refractivity contribution in [3.8, 4) is 5.75 Å². The monoisotopic (exact) mass is 343 g/mol. The van der Waals surface area contributed by atoms with Crippen molar-refractivity contribution in [3.63, 3.8) is 0 Å². The Hall–Kier alpha value is -1.99. The summed E-state index contributed by atoms with van der Waals surface area (Å²) in [7, 11) is 1.53. The van der Waals surface area contributed by atoms with E-state index in [1.165, 1.54) is 7.11 Å². The lowest BCUT2D eigenvalue weighted by Gasteiger charge is -2.26. The highest BCUT2D eigenvalue weighted by molar-refractivity contribution is 5.93. The van der Waals surface area contributed by atoms with Crippen molar-refractivity contribution in [2.45, 2.75) is 12.8 Å². The van der Waals surface area contributed by atoms with E-state index in [0.29, 0.717) is 43.4 Å². The van der Waals surface area contributed by atoms with E-state index in [-0.39, 0.29) is 37.1 Å². The van der Waals surface area contributed by atoms with E-state index in [2.05, 4.69) is 5.32 Å². The fourth-order valence-corrected chi connectivity index (χ4v) is 2.23. The lowest BCUT2D eigenvalue weighted by molar-refractivity contribution is -0.136. The molecule has 7 nitrogen and oxygen atoms in total. The maximum absolute atomic E-state index is 11.9. The Labute approximate surface area is 141 Å². The molecule has 2 amide bonds. The van der Waals surface area contributed by atoms with Crippen molar-refractivity contribution in [3.05, 3.63) is 18.2 Å². The summed E-state index contributed by atoms with van der Waals surface area (Å²) in [6, 6.07) is 5.02. The first-order valence-electron chi connectivity index (χ1n) is 7.19. The Bertz CT molecular complexity index is 548. The van der Waals surface area contributed by atoms with E-state index >= 15 is 0 Å².